The van der Waals surface area contributed by atoms with Crippen molar-refractivity contribution in [1.82, 2.24) is 5.23 Å². The molecule has 0 aliphatic heterocycles. The first kappa shape index (κ1) is 36.0. The van der Waals surface area contributed by atoms with E-state index in [0.29, 0.717) is 0 Å². The van der Waals surface area contributed by atoms with Crippen LogP contribution in [-0.2, 0) is 32.1 Å². The van der Waals surface area contributed by atoms with Gasteiger partial charge in [0.2, 0.25) is 0 Å². The number of hydrogen-bond donors (Lipinski definition) is 0. The van der Waals surface area contributed by atoms with Crippen molar-refractivity contribution in [3.8, 4) is 0 Å². The molecular formula is C12H30NO2Ta. The van der Waals surface area contributed by atoms with Crippen LogP contribution in [0.2, 0.25) is 0 Å². The van der Waals surface area contributed by atoms with E-state index >= 15 is 0 Å². The average Bonchev–Trinajstić information content (AvgIpc) is 2.41. The van der Waals surface area contributed by atoms with Crippen molar-refractivity contribution < 1.29 is 32.1 Å². The van der Waals surface area contributed by atoms with Crippen LogP contribution in [0.15, 0.2) is 0 Å². The van der Waals surface area contributed by atoms with Crippen LogP contribution in [-0.4, -0.2) is 19.4 Å². The minimum absolute atomic E-state index is 0. The summed E-state index contributed by atoms with van der Waals surface area (Å²) in [6.07, 6.45) is 0. The molecule has 3 nitrogen and oxygen atoms in total. The van der Waals surface area contributed by atoms with E-state index in [4.69, 9.17) is 0 Å². The summed E-state index contributed by atoms with van der Waals surface area (Å²) in [5.41, 5.74) is 0. The van der Waals surface area contributed by atoms with E-state index in [9.17, 15) is 0 Å². The van der Waals surface area contributed by atoms with Crippen LogP contribution in [0.4, 0.5) is 0 Å². The van der Waals surface area contributed by atoms with Crippen molar-refractivity contribution in [3.63, 3.8) is 0 Å². The summed E-state index contributed by atoms with van der Waals surface area (Å²) >= 11 is 0. The minimum Gasteiger partial charge on any atom is -0.346 e. The molecule has 0 aliphatic rings. The Hall–Kier alpha value is 0.620. The zero-order valence-electron chi connectivity index (χ0n) is 12.1. The minimum atomic E-state index is 0. The molecule has 4 heteroatoms. The average molecular weight is 401 g/mol. The third kappa shape index (κ3) is 61.9. The second-order valence-corrected chi connectivity index (χ2v) is 0.909. The molecule has 0 aromatic rings. The molecule has 0 fully saturated rings. The Morgan fingerprint density at radius 2 is 0.938 bits per heavy atom. The van der Waals surface area contributed by atoms with Crippen LogP contribution >= 0.6 is 0 Å². The molecule has 0 N–H and O–H groups in total. The van der Waals surface area contributed by atoms with Gasteiger partial charge in [0.05, 0.1) is 14.2 Å². The van der Waals surface area contributed by atoms with Gasteiger partial charge in [-0.15, -0.1) is 0 Å². The second-order valence-electron chi connectivity index (χ2n) is 0.909. The molecule has 100 valence electrons. The molecule has 0 radical (unpaired) electrons. The second kappa shape index (κ2) is 76.2. The Labute approximate surface area is 120 Å². The molecule has 0 bridgehead atoms. The number of hydrogen-bond acceptors (Lipinski definition) is 3. The molecule has 0 amide bonds. The van der Waals surface area contributed by atoms with Crippen molar-refractivity contribution >= 4 is 0 Å². The summed E-state index contributed by atoms with van der Waals surface area (Å²) in [7, 11) is 3.06. The van der Waals surface area contributed by atoms with Gasteiger partial charge >= 0.3 is 22.4 Å². The van der Waals surface area contributed by atoms with Crippen molar-refractivity contribution in [2.45, 2.75) is 34.6 Å². The number of hydroxylamine groups is 2. The van der Waals surface area contributed by atoms with E-state index in [2.05, 4.69) is 37.4 Å². The van der Waals surface area contributed by atoms with Crippen LogP contribution in [0, 0.1) is 34.2 Å². The maximum Gasteiger partial charge on any atom is 5.00 e. The molecule has 0 unspecified atom stereocenters. The predicted octanol–water partition coefficient (Wildman–Crippen LogP) is 3.95. The standard InChI is InChI=1S/C4H10NO2.4C2H5.Ta/c1-4-5(6-2)7-3;4*1-2;/h4H,1-3H3;4*1H2,2H3;/q5*-1;+5. The Bertz CT molecular complexity index is 40.5. The van der Waals surface area contributed by atoms with E-state index in [1.807, 2.05) is 6.92 Å². The van der Waals surface area contributed by atoms with Crippen molar-refractivity contribution in [2.24, 2.45) is 0 Å². The largest absolute Gasteiger partial charge is 5.00 e. The molecule has 0 saturated heterocycles. The summed E-state index contributed by atoms with van der Waals surface area (Å²) < 4.78 is 0. The summed E-state index contributed by atoms with van der Waals surface area (Å²) in [6.45, 7) is 23.5. The molecule has 0 aliphatic carbocycles. The van der Waals surface area contributed by atoms with Gasteiger partial charge in [0.1, 0.15) is 0 Å². The van der Waals surface area contributed by atoms with E-state index in [1.54, 1.807) is 34.2 Å². The molecule has 0 spiro atoms. The van der Waals surface area contributed by atoms with Crippen molar-refractivity contribution in [2.75, 3.05) is 14.2 Å². The number of nitrogens with zero attached hydrogens (tertiary/aromatic N) is 1. The van der Waals surface area contributed by atoms with Crippen LogP contribution in [0.1, 0.15) is 34.6 Å². The molecule has 16 heavy (non-hydrogen) atoms. The summed E-state index contributed by atoms with van der Waals surface area (Å²) in [5.74, 6) is 0. The summed E-state index contributed by atoms with van der Waals surface area (Å²) in [4.78, 5) is 9.21. The van der Waals surface area contributed by atoms with Gasteiger partial charge in [0.25, 0.3) is 0 Å². The third-order valence-electron chi connectivity index (χ3n) is 0.571. The first-order chi connectivity index (χ1) is 7.35. The van der Waals surface area contributed by atoms with E-state index in [1.165, 1.54) is 19.4 Å². The van der Waals surface area contributed by atoms with Gasteiger partial charge in [0, 0.05) is 0 Å². The third-order valence-corrected chi connectivity index (χ3v) is 0.571. The SMILES string of the molecule is C[CH-]N(OC)OC.[CH2-]C.[CH2-]C.[CH2-]C.[CH2-]C.[Ta+5]. The van der Waals surface area contributed by atoms with Crippen LogP contribution in [0.5, 0.6) is 0 Å². The van der Waals surface area contributed by atoms with Crippen molar-refractivity contribution in [3.05, 3.63) is 34.2 Å². The zero-order valence-corrected chi connectivity index (χ0v) is 15.3. The van der Waals surface area contributed by atoms with Gasteiger partial charge < -0.3 is 37.4 Å². The normalized spacial score (nSPS) is 6.00. The predicted molar refractivity (Wildman–Crippen MR) is 70.0 cm³/mol. The smallest absolute Gasteiger partial charge is 0.346 e. The zero-order chi connectivity index (χ0) is 13.7. The summed E-state index contributed by atoms with van der Waals surface area (Å²) in [5, 5.41) is 1.25. The molecule has 0 saturated carbocycles. The first-order valence-electron chi connectivity index (χ1n) is 4.85. The maximum absolute atomic E-state index is 4.60. The van der Waals surface area contributed by atoms with Crippen molar-refractivity contribution in [1.29, 1.82) is 0 Å². The van der Waals surface area contributed by atoms with Gasteiger partial charge in [-0.25, -0.2) is 11.8 Å². The molecule has 0 atom stereocenters. The monoisotopic (exact) mass is 401 g/mol. The maximum atomic E-state index is 4.60. The fourth-order valence-corrected chi connectivity index (χ4v) is 0.285. The topological polar surface area (TPSA) is 21.7 Å². The van der Waals surface area contributed by atoms with Gasteiger partial charge in [-0.2, -0.15) is 34.6 Å². The Balaban J connectivity index is -0.0000000238. The van der Waals surface area contributed by atoms with E-state index < -0.39 is 0 Å². The van der Waals surface area contributed by atoms with Crippen LogP contribution in [0.3, 0.4) is 0 Å². The van der Waals surface area contributed by atoms with Gasteiger partial charge in [-0.05, 0) is 0 Å². The van der Waals surface area contributed by atoms with Crippen LogP contribution < -0.4 is 0 Å². The quantitative estimate of drug-likeness (QED) is 0.528. The van der Waals surface area contributed by atoms with Crippen LogP contribution in [0.25, 0.3) is 0 Å². The molecule has 0 aromatic heterocycles. The molecular weight excluding hydrogens is 371 g/mol. The fourth-order valence-electron chi connectivity index (χ4n) is 0.285. The number of rotatable bonds is 3. The Morgan fingerprint density at radius 3 is 0.938 bits per heavy atom. The van der Waals surface area contributed by atoms with Gasteiger partial charge in [-0.1, -0.05) is 0 Å². The van der Waals surface area contributed by atoms with E-state index in [-0.39, 0.29) is 22.4 Å². The Morgan fingerprint density at radius 1 is 0.750 bits per heavy atom. The molecule has 0 aromatic carbocycles. The fraction of sp³-hybridized carbons (Fsp3) is 0.583. The van der Waals surface area contributed by atoms with Gasteiger partial charge in [-0.3, -0.25) is 0 Å². The molecule has 0 rings (SSSR count). The Kier molecular flexibility index (Phi) is 171. The first-order valence-corrected chi connectivity index (χ1v) is 4.85. The molecule has 0 heterocycles. The van der Waals surface area contributed by atoms with Gasteiger partial charge in [0.15, 0.2) is 0 Å². The van der Waals surface area contributed by atoms with E-state index in [0.717, 1.165) is 0 Å². The summed E-state index contributed by atoms with van der Waals surface area (Å²) in [6, 6.07) is 0.